The SMILES string of the molecule is [2H]c1c2c3ccc(N(c4ccccc4)c4ccc(C(C)C)cc4)c4c5cccc(C(C)(C)C)c5n(c2c([2H])c2c5ccc(N(c6ccccc6)c6ccc(C(C)C)cc6)c6c7cccc(C(C)(C)C)c7n(c12)c56)c34. The van der Waals surface area contributed by atoms with Gasteiger partial charge in [0.05, 0.1) is 47.2 Å². The fourth-order valence-corrected chi connectivity index (χ4v) is 12.0. The molecule has 0 spiro atoms. The Balaban J connectivity index is 1.20. The van der Waals surface area contributed by atoms with Crippen molar-refractivity contribution in [1.29, 1.82) is 0 Å². The van der Waals surface area contributed by atoms with E-state index in [9.17, 15) is 2.74 Å². The average Bonchev–Trinajstić information content (AvgIpc) is 4.13. The first-order valence-electron chi connectivity index (χ1n) is 26.8. The number of anilines is 6. The monoisotopic (exact) mass is 937 g/mol. The molecule has 0 radical (unpaired) electrons. The molecule has 4 nitrogen and oxygen atoms in total. The van der Waals surface area contributed by atoms with Crippen LogP contribution in [0.15, 0.2) is 182 Å². The highest BCUT2D eigenvalue weighted by Crippen LogP contribution is 2.53. The molecule has 72 heavy (non-hydrogen) atoms. The van der Waals surface area contributed by atoms with Gasteiger partial charge < -0.3 is 18.6 Å². The molecule has 0 bridgehead atoms. The zero-order valence-corrected chi connectivity index (χ0v) is 43.1. The summed E-state index contributed by atoms with van der Waals surface area (Å²) in [6, 6.07) is 62.8. The minimum atomic E-state index is -0.229. The molecular weight excluding hydrogens is 873 g/mol. The zero-order chi connectivity index (χ0) is 51.3. The maximum absolute atomic E-state index is 10.8. The molecule has 4 aromatic heterocycles. The van der Waals surface area contributed by atoms with Crippen molar-refractivity contribution in [2.24, 2.45) is 0 Å². The predicted molar refractivity (Wildman–Crippen MR) is 311 cm³/mol. The Morgan fingerprint density at radius 2 is 0.722 bits per heavy atom. The molecule has 4 heteroatoms. The van der Waals surface area contributed by atoms with E-state index in [4.69, 9.17) is 0 Å². The largest absolute Gasteiger partial charge is 0.310 e. The minimum Gasteiger partial charge on any atom is -0.310 e. The summed E-state index contributed by atoms with van der Waals surface area (Å²) in [5, 5.41) is 8.11. The molecule has 0 fully saturated rings. The lowest BCUT2D eigenvalue weighted by atomic mass is 9.85. The first-order valence-corrected chi connectivity index (χ1v) is 25.8. The first kappa shape index (κ1) is 41.9. The van der Waals surface area contributed by atoms with Crippen molar-refractivity contribution in [3.8, 4) is 0 Å². The topological polar surface area (TPSA) is 15.3 Å². The summed E-state index contributed by atoms with van der Waals surface area (Å²) in [5.41, 5.74) is 16.8. The first-order chi connectivity index (χ1) is 35.5. The summed E-state index contributed by atoms with van der Waals surface area (Å²) < 4.78 is 26.4. The van der Waals surface area contributed by atoms with Gasteiger partial charge in [0.25, 0.3) is 0 Å². The third-order valence-corrected chi connectivity index (χ3v) is 15.5. The molecule has 0 saturated heterocycles. The van der Waals surface area contributed by atoms with E-state index in [0.29, 0.717) is 23.9 Å². The van der Waals surface area contributed by atoms with Gasteiger partial charge in [0.15, 0.2) is 0 Å². The van der Waals surface area contributed by atoms with E-state index in [0.717, 1.165) is 110 Å². The number of hydrogen-bond donors (Lipinski definition) is 0. The summed E-state index contributed by atoms with van der Waals surface area (Å²) in [7, 11) is 0. The van der Waals surface area contributed by atoms with Crippen molar-refractivity contribution in [1.82, 2.24) is 8.80 Å². The molecule has 0 aliphatic heterocycles. The van der Waals surface area contributed by atoms with Crippen LogP contribution in [0.25, 0.3) is 76.2 Å². The Morgan fingerprint density at radius 1 is 0.361 bits per heavy atom. The molecule has 13 rings (SSSR count). The lowest BCUT2D eigenvalue weighted by Crippen LogP contribution is -2.12. The zero-order valence-electron chi connectivity index (χ0n) is 45.1. The van der Waals surface area contributed by atoms with Gasteiger partial charge in [-0.3, -0.25) is 0 Å². The molecule has 0 atom stereocenters. The lowest BCUT2D eigenvalue weighted by Gasteiger charge is -2.27. The number of aromatic nitrogens is 2. The fraction of sp³-hybridized carbons (Fsp3) is 0.206. The standard InChI is InChI=1S/C68H62N4/c1-41(2)43-27-31-47(32-28-43)69(45-19-13-11-14-20-45)57-37-35-49-53-39-60-54(40-59(53)71-63-51(61(57)65(49)71)23-17-25-55(63)67(5,6)7)50-36-38-58(62-52-24-18-26-56(68(8,9)10)64(52)72(60)66(50)62)70(46-21-15-12-16-22-46)48-33-29-44(30-34-48)42(3)4/h11-42H,1-10H3/i39D,40D. The molecular formula is C68H62N4. The second-order valence-corrected chi connectivity index (χ2v) is 22.8. The third-order valence-electron chi connectivity index (χ3n) is 15.5. The Bertz CT molecular complexity index is 4040. The van der Waals surface area contributed by atoms with Gasteiger partial charge in [0.2, 0.25) is 0 Å². The third kappa shape index (κ3) is 6.43. The highest BCUT2D eigenvalue weighted by atomic mass is 15.2. The second-order valence-electron chi connectivity index (χ2n) is 22.8. The Hall–Kier alpha value is -7.82. The van der Waals surface area contributed by atoms with Crippen molar-refractivity contribution >= 4 is 110 Å². The van der Waals surface area contributed by atoms with Crippen LogP contribution in [0, 0.1) is 0 Å². The highest BCUT2D eigenvalue weighted by Gasteiger charge is 2.31. The van der Waals surface area contributed by atoms with Gasteiger partial charge in [-0.15, -0.1) is 0 Å². The number of nitrogens with zero attached hydrogens (tertiary/aromatic N) is 4. The molecule has 4 heterocycles. The molecule has 0 saturated carbocycles. The number of para-hydroxylation sites is 4. The molecule has 9 aromatic carbocycles. The summed E-state index contributed by atoms with van der Waals surface area (Å²) >= 11 is 0. The van der Waals surface area contributed by atoms with Crippen LogP contribution in [-0.2, 0) is 10.8 Å². The quantitative estimate of drug-likeness (QED) is 0.151. The summed E-state index contributed by atoms with van der Waals surface area (Å²) in [6.07, 6.45) is 0. The van der Waals surface area contributed by atoms with E-state index < -0.39 is 0 Å². The van der Waals surface area contributed by atoms with Crippen LogP contribution >= 0.6 is 0 Å². The van der Waals surface area contributed by atoms with Crippen LogP contribution in [0.3, 0.4) is 0 Å². The molecule has 0 unspecified atom stereocenters. The minimum absolute atomic E-state index is 0.229. The maximum Gasteiger partial charge on any atom is 0.0653 e. The normalized spacial score (nSPS) is 13.2. The number of rotatable bonds is 8. The number of fused-ring (bicyclic) bond motifs is 12. The summed E-state index contributed by atoms with van der Waals surface area (Å²) in [4.78, 5) is 4.79. The van der Waals surface area contributed by atoms with Gasteiger partial charge in [-0.05, 0) is 118 Å². The number of hydrogen-bond acceptors (Lipinski definition) is 2. The summed E-state index contributed by atoms with van der Waals surface area (Å²) in [5.74, 6) is 0.820. The van der Waals surface area contributed by atoms with Crippen molar-refractivity contribution in [3.05, 3.63) is 204 Å². The van der Waals surface area contributed by atoms with Gasteiger partial charge >= 0.3 is 0 Å². The van der Waals surface area contributed by atoms with Crippen molar-refractivity contribution < 1.29 is 2.74 Å². The molecule has 0 amide bonds. The Labute approximate surface area is 425 Å². The molecule has 13 aromatic rings. The Kier molecular flexibility index (Phi) is 9.22. The fourth-order valence-electron chi connectivity index (χ4n) is 12.0. The Morgan fingerprint density at radius 3 is 1.07 bits per heavy atom. The van der Waals surface area contributed by atoms with E-state index in [2.05, 4.69) is 258 Å². The summed E-state index contributed by atoms with van der Waals surface area (Å²) in [6.45, 7) is 22.7. The van der Waals surface area contributed by atoms with Gasteiger partial charge in [0, 0.05) is 65.8 Å². The average molecular weight is 937 g/mol. The molecule has 0 aliphatic carbocycles. The van der Waals surface area contributed by atoms with Gasteiger partial charge in [0.1, 0.15) is 0 Å². The van der Waals surface area contributed by atoms with Crippen LogP contribution in [-0.4, -0.2) is 8.80 Å². The lowest BCUT2D eigenvalue weighted by molar-refractivity contribution is 0.594. The van der Waals surface area contributed by atoms with Crippen molar-refractivity contribution in [2.45, 2.75) is 91.9 Å². The molecule has 354 valence electrons. The second kappa shape index (κ2) is 15.8. The van der Waals surface area contributed by atoms with Crippen LogP contribution in [0.1, 0.15) is 106 Å². The van der Waals surface area contributed by atoms with Crippen LogP contribution in [0.4, 0.5) is 34.1 Å². The maximum atomic E-state index is 10.8. The smallest absolute Gasteiger partial charge is 0.0653 e. The van der Waals surface area contributed by atoms with Gasteiger partial charge in [-0.25, -0.2) is 0 Å². The van der Waals surface area contributed by atoms with E-state index in [-0.39, 0.29) is 10.8 Å². The van der Waals surface area contributed by atoms with E-state index in [1.165, 1.54) is 22.3 Å². The van der Waals surface area contributed by atoms with Crippen LogP contribution in [0.2, 0.25) is 0 Å². The predicted octanol–water partition coefficient (Wildman–Crippen LogP) is 19.8. The van der Waals surface area contributed by atoms with Crippen molar-refractivity contribution in [2.75, 3.05) is 9.80 Å². The van der Waals surface area contributed by atoms with E-state index in [1.54, 1.807) is 0 Å². The van der Waals surface area contributed by atoms with Crippen molar-refractivity contribution in [3.63, 3.8) is 0 Å². The van der Waals surface area contributed by atoms with Crippen LogP contribution < -0.4 is 9.80 Å². The van der Waals surface area contributed by atoms with Crippen LogP contribution in [0.5, 0.6) is 0 Å². The molecule has 0 N–H and O–H groups in total. The van der Waals surface area contributed by atoms with Gasteiger partial charge in [-0.2, -0.15) is 0 Å². The van der Waals surface area contributed by atoms with E-state index >= 15 is 0 Å². The molecule has 0 aliphatic rings. The van der Waals surface area contributed by atoms with E-state index in [1.807, 2.05) is 0 Å². The highest BCUT2D eigenvalue weighted by molar-refractivity contribution is 6.32. The van der Waals surface area contributed by atoms with Gasteiger partial charge in [-0.1, -0.05) is 178 Å². The number of benzene rings is 9.